The fourth-order valence-electron chi connectivity index (χ4n) is 3.97. The maximum absolute atomic E-state index is 12.8. The molecule has 4 heterocycles. The molecule has 0 aliphatic carbocycles. The number of hydrogen-bond acceptors (Lipinski definition) is 5. The lowest BCUT2D eigenvalue weighted by Crippen LogP contribution is -2.45. The molecule has 0 N–H and O–H groups in total. The fourth-order valence-corrected chi connectivity index (χ4v) is 3.97. The van der Waals surface area contributed by atoms with Gasteiger partial charge in [0.2, 0.25) is 5.78 Å². The van der Waals surface area contributed by atoms with Gasteiger partial charge >= 0.3 is 5.69 Å². The Morgan fingerprint density at radius 3 is 2.22 bits per heavy atom. The van der Waals surface area contributed by atoms with Crippen molar-refractivity contribution in [3.8, 4) is 0 Å². The average Bonchev–Trinajstić information content (AvgIpc) is 3.15. The molecule has 3 aromatic heterocycles. The molecule has 1 saturated heterocycles. The Hall–Kier alpha value is -2.39. The van der Waals surface area contributed by atoms with Gasteiger partial charge in [0.25, 0.3) is 5.56 Å². The molecule has 1 aliphatic heterocycles. The second kappa shape index (κ2) is 6.35. The summed E-state index contributed by atoms with van der Waals surface area (Å²) in [5, 5.41) is 0. The Bertz CT molecular complexity index is 1140. The molecule has 0 unspecified atom stereocenters. The molecular weight excluding hydrogens is 346 g/mol. The van der Waals surface area contributed by atoms with Crippen molar-refractivity contribution >= 4 is 16.9 Å². The van der Waals surface area contributed by atoms with E-state index in [9.17, 15) is 9.59 Å². The topological polar surface area (TPSA) is 72.7 Å². The van der Waals surface area contributed by atoms with Crippen molar-refractivity contribution in [2.75, 3.05) is 39.8 Å². The van der Waals surface area contributed by atoms with Crippen LogP contribution < -0.4 is 11.2 Å². The summed E-state index contributed by atoms with van der Waals surface area (Å²) in [7, 11) is 5.32. The second-order valence-corrected chi connectivity index (χ2v) is 7.59. The Morgan fingerprint density at radius 1 is 0.889 bits per heavy atom. The van der Waals surface area contributed by atoms with Gasteiger partial charge in [-0.1, -0.05) is 0 Å². The van der Waals surface area contributed by atoms with Gasteiger partial charge in [-0.25, -0.2) is 4.79 Å². The van der Waals surface area contributed by atoms with E-state index in [1.807, 2.05) is 11.3 Å². The first kappa shape index (κ1) is 18.0. The van der Waals surface area contributed by atoms with Gasteiger partial charge in [-0.05, 0) is 20.9 Å². The molecule has 0 bridgehead atoms. The van der Waals surface area contributed by atoms with E-state index in [1.165, 1.54) is 11.6 Å². The van der Waals surface area contributed by atoms with Crippen molar-refractivity contribution in [3.63, 3.8) is 0 Å². The zero-order valence-electron chi connectivity index (χ0n) is 16.7. The number of piperazine rings is 1. The lowest BCUT2D eigenvalue weighted by molar-refractivity contribution is 0.150. The summed E-state index contributed by atoms with van der Waals surface area (Å²) in [6, 6.07) is 0. The molecule has 146 valence electrons. The van der Waals surface area contributed by atoms with Gasteiger partial charge in [0.15, 0.2) is 11.2 Å². The Morgan fingerprint density at radius 2 is 1.56 bits per heavy atom. The predicted molar refractivity (Wildman–Crippen MR) is 105 cm³/mol. The second-order valence-electron chi connectivity index (χ2n) is 7.59. The van der Waals surface area contributed by atoms with Crippen molar-refractivity contribution in [2.45, 2.75) is 20.4 Å². The van der Waals surface area contributed by atoms with E-state index < -0.39 is 0 Å². The van der Waals surface area contributed by atoms with Gasteiger partial charge in [0.1, 0.15) is 0 Å². The molecule has 9 nitrogen and oxygen atoms in total. The first-order valence-corrected chi connectivity index (χ1v) is 9.36. The third-order valence-electron chi connectivity index (χ3n) is 5.98. The van der Waals surface area contributed by atoms with E-state index in [0.29, 0.717) is 11.2 Å². The molecule has 27 heavy (non-hydrogen) atoms. The highest BCUT2D eigenvalue weighted by molar-refractivity contribution is 5.76. The van der Waals surface area contributed by atoms with Crippen molar-refractivity contribution in [1.82, 2.24) is 32.9 Å². The number of fused-ring (bicyclic) bond motifs is 3. The van der Waals surface area contributed by atoms with Crippen LogP contribution in [0.3, 0.4) is 0 Å². The highest BCUT2D eigenvalue weighted by atomic mass is 16.2. The fraction of sp³-hybridized carbons (Fsp3) is 0.611. The average molecular weight is 373 g/mol. The minimum atomic E-state index is -0.355. The number of aryl methyl sites for hydroxylation is 2. The number of rotatable bonds is 3. The Kier molecular flexibility index (Phi) is 4.23. The van der Waals surface area contributed by atoms with Crippen molar-refractivity contribution in [3.05, 3.63) is 32.2 Å². The maximum atomic E-state index is 12.8. The summed E-state index contributed by atoms with van der Waals surface area (Å²) in [4.78, 5) is 34.5. The summed E-state index contributed by atoms with van der Waals surface area (Å²) < 4.78 is 6.66. The lowest BCUT2D eigenvalue weighted by Gasteiger charge is -2.32. The zero-order chi connectivity index (χ0) is 19.5. The van der Waals surface area contributed by atoms with Gasteiger partial charge in [-0.2, -0.15) is 4.98 Å². The van der Waals surface area contributed by atoms with Gasteiger partial charge in [0, 0.05) is 64.8 Å². The molecule has 1 fully saturated rings. The Balaban J connectivity index is 1.81. The van der Waals surface area contributed by atoms with Gasteiger partial charge in [-0.15, -0.1) is 0 Å². The number of aromatic nitrogens is 5. The molecule has 1 aliphatic rings. The van der Waals surface area contributed by atoms with E-state index in [0.717, 1.165) is 61.0 Å². The highest BCUT2D eigenvalue weighted by Crippen LogP contribution is 2.20. The summed E-state index contributed by atoms with van der Waals surface area (Å²) >= 11 is 0. The zero-order valence-corrected chi connectivity index (χ0v) is 16.7. The first-order chi connectivity index (χ1) is 12.8. The van der Waals surface area contributed by atoms with Gasteiger partial charge < -0.3 is 9.47 Å². The van der Waals surface area contributed by atoms with Crippen LogP contribution in [0.25, 0.3) is 16.9 Å². The molecule has 0 radical (unpaired) electrons. The summed E-state index contributed by atoms with van der Waals surface area (Å²) in [6.07, 6.45) is 0. The molecule has 3 aromatic rings. The number of hydrogen-bond donors (Lipinski definition) is 0. The monoisotopic (exact) mass is 373 g/mol. The normalized spacial score (nSPS) is 16.8. The molecule has 0 saturated carbocycles. The molecule has 4 rings (SSSR count). The molecule has 0 atom stereocenters. The molecule has 0 aromatic carbocycles. The molecule has 9 heteroatoms. The minimum absolute atomic E-state index is 0.306. The molecule has 0 amide bonds. The van der Waals surface area contributed by atoms with Gasteiger partial charge in [-0.3, -0.25) is 23.2 Å². The predicted octanol–water partition coefficient (Wildman–Crippen LogP) is -0.449. The van der Waals surface area contributed by atoms with Crippen LogP contribution in [-0.4, -0.2) is 72.7 Å². The standard InChI is InChI=1S/C18H27N7O2/c1-12-13(2)25-14-15(21(4)18(27)22(5)16(14)26)19-17(25)24(12)11-10-23-8-6-20(3)7-9-23/h6-11H2,1-5H3. The van der Waals surface area contributed by atoms with Crippen molar-refractivity contribution in [2.24, 2.45) is 14.1 Å². The minimum Gasteiger partial charge on any atom is -0.313 e. The van der Waals surface area contributed by atoms with Crippen LogP contribution in [0.5, 0.6) is 0 Å². The number of imidazole rings is 2. The van der Waals surface area contributed by atoms with E-state index in [1.54, 1.807) is 7.05 Å². The quantitative estimate of drug-likeness (QED) is 0.622. The van der Waals surface area contributed by atoms with Crippen LogP contribution in [0.1, 0.15) is 11.4 Å². The van der Waals surface area contributed by atoms with Crippen LogP contribution in [-0.2, 0) is 20.6 Å². The summed E-state index contributed by atoms with van der Waals surface area (Å²) in [6.45, 7) is 10.1. The third kappa shape index (κ3) is 2.64. The van der Waals surface area contributed by atoms with Crippen molar-refractivity contribution < 1.29 is 0 Å². The van der Waals surface area contributed by atoms with Crippen molar-refractivity contribution in [1.29, 1.82) is 0 Å². The van der Waals surface area contributed by atoms with Crippen LogP contribution in [0.15, 0.2) is 9.59 Å². The van der Waals surface area contributed by atoms with E-state index in [-0.39, 0.29) is 11.2 Å². The highest BCUT2D eigenvalue weighted by Gasteiger charge is 2.22. The van der Waals surface area contributed by atoms with Crippen LogP contribution in [0.4, 0.5) is 0 Å². The third-order valence-corrected chi connectivity index (χ3v) is 5.98. The van der Waals surface area contributed by atoms with E-state index in [4.69, 9.17) is 0 Å². The first-order valence-electron chi connectivity index (χ1n) is 9.36. The van der Waals surface area contributed by atoms with Gasteiger partial charge in [0.05, 0.1) is 0 Å². The van der Waals surface area contributed by atoms with E-state index in [2.05, 4.69) is 33.3 Å². The SMILES string of the molecule is Cc1c(C)n2c3c(=O)n(C)c(=O)n(C)c3nc2n1CCN1CCN(C)CC1. The van der Waals surface area contributed by atoms with Crippen LogP contribution >= 0.6 is 0 Å². The smallest absolute Gasteiger partial charge is 0.313 e. The number of nitrogens with zero attached hydrogens (tertiary/aromatic N) is 7. The maximum Gasteiger partial charge on any atom is 0.332 e. The van der Waals surface area contributed by atoms with E-state index >= 15 is 0 Å². The Labute approximate surface area is 157 Å². The summed E-state index contributed by atoms with van der Waals surface area (Å²) in [5.74, 6) is 0.729. The number of likely N-dealkylation sites (N-methyl/N-ethyl adjacent to an activating group) is 1. The lowest BCUT2D eigenvalue weighted by atomic mass is 10.3. The van der Waals surface area contributed by atoms with Crippen LogP contribution in [0.2, 0.25) is 0 Å². The molecular formula is C18H27N7O2. The van der Waals surface area contributed by atoms with Crippen LogP contribution in [0, 0.1) is 13.8 Å². The largest absolute Gasteiger partial charge is 0.332 e. The summed E-state index contributed by atoms with van der Waals surface area (Å²) in [5.41, 5.74) is 2.33. The molecule has 0 spiro atoms.